The number of halogens is 1. The monoisotopic (exact) mass is 418 g/mol. The number of aryl methyl sites for hydroxylation is 1. The third-order valence-electron chi connectivity index (χ3n) is 6.41. The summed E-state index contributed by atoms with van der Waals surface area (Å²) in [5.74, 6) is 0.386. The van der Waals surface area contributed by atoms with Crippen molar-refractivity contribution in [2.24, 2.45) is 5.92 Å². The maximum Gasteiger partial charge on any atom is 0.255 e. The van der Waals surface area contributed by atoms with E-state index in [-0.39, 0.29) is 41.0 Å². The van der Waals surface area contributed by atoms with E-state index >= 15 is 0 Å². The Balaban J connectivity index is 1.46. The summed E-state index contributed by atoms with van der Waals surface area (Å²) in [4.78, 5) is 28.2. The zero-order valence-corrected chi connectivity index (χ0v) is 17.4. The molecule has 7 heteroatoms. The van der Waals surface area contributed by atoms with Crippen LogP contribution in [0.3, 0.4) is 0 Å². The average molecular weight is 418 g/mol. The van der Waals surface area contributed by atoms with Crippen LogP contribution in [0.4, 0.5) is 4.39 Å². The van der Waals surface area contributed by atoms with E-state index in [9.17, 15) is 9.18 Å². The first-order chi connectivity index (χ1) is 15.0. The summed E-state index contributed by atoms with van der Waals surface area (Å²) in [6.45, 7) is 4.03. The largest absolute Gasteiger partial charge is 0.472 e. The van der Waals surface area contributed by atoms with Gasteiger partial charge in [0.25, 0.3) is 5.91 Å². The molecule has 3 heterocycles. The first-order valence-corrected chi connectivity index (χ1v) is 10.5. The van der Waals surface area contributed by atoms with Crippen molar-refractivity contribution >= 4 is 5.91 Å². The molecule has 2 bridgehead atoms. The third-order valence-corrected chi connectivity index (χ3v) is 6.41. The Labute approximate surface area is 180 Å². The molecule has 1 amide bonds. The van der Waals surface area contributed by atoms with Crippen LogP contribution in [0.25, 0.3) is 11.4 Å². The lowest BCUT2D eigenvalue weighted by Gasteiger charge is -2.38. The summed E-state index contributed by atoms with van der Waals surface area (Å²) in [6, 6.07) is 9.98. The number of nitrogens with zero attached hydrogens (tertiary/aromatic N) is 4. The zero-order chi connectivity index (χ0) is 21.5. The number of amides is 1. The summed E-state index contributed by atoms with van der Waals surface area (Å²) in [7, 11) is 0. The SMILES string of the molecule is Cc1ccc(OC2CC3CC2N(C(=O)c2cccc(F)c2-c2ncccn2)C3C)nc1. The van der Waals surface area contributed by atoms with Gasteiger partial charge in [0.15, 0.2) is 5.82 Å². The van der Waals surface area contributed by atoms with Gasteiger partial charge in [0, 0.05) is 30.7 Å². The van der Waals surface area contributed by atoms with Crippen LogP contribution in [-0.4, -0.2) is 43.9 Å². The summed E-state index contributed by atoms with van der Waals surface area (Å²) in [5.41, 5.74) is 1.48. The highest BCUT2D eigenvalue weighted by molar-refractivity contribution is 6.00. The van der Waals surface area contributed by atoms with Crippen molar-refractivity contribution in [2.75, 3.05) is 0 Å². The fraction of sp³-hybridized carbons (Fsp3) is 0.333. The number of piperidine rings is 1. The second kappa shape index (κ2) is 7.72. The van der Waals surface area contributed by atoms with Crippen molar-refractivity contribution in [2.45, 2.75) is 44.9 Å². The van der Waals surface area contributed by atoms with E-state index in [1.54, 1.807) is 36.8 Å². The number of carbonyl (C=O) groups excluding carboxylic acids is 1. The number of fused-ring (bicyclic) bond motifs is 2. The Kier molecular flexibility index (Phi) is 4.88. The van der Waals surface area contributed by atoms with Crippen LogP contribution in [0, 0.1) is 18.7 Å². The van der Waals surface area contributed by atoms with Gasteiger partial charge in [0.2, 0.25) is 5.88 Å². The molecule has 0 N–H and O–H groups in total. The van der Waals surface area contributed by atoms with Gasteiger partial charge in [0.05, 0.1) is 17.2 Å². The second-order valence-corrected chi connectivity index (χ2v) is 8.32. The van der Waals surface area contributed by atoms with Gasteiger partial charge in [-0.3, -0.25) is 4.79 Å². The molecule has 2 fully saturated rings. The predicted octanol–water partition coefficient (Wildman–Crippen LogP) is 4.06. The maximum atomic E-state index is 14.8. The van der Waals surface area contributed by atoms with E-state index in [2.05, 4.69) is 21.9 Å². The molecule has 1 aliphatic carbocycles. The minimum Gasteiger partial charge on any atom is -0.472 e. The molecule has 0 spiro atoms. The van der Waals surface area contributed by atoms with Crippen molar-refractivity contribution in [3.63, 3.8) is 0 Å². The molecule has 2 aromatic heterocycles. The van der Waals surface area contributed by atoms with Crippen LogP contribution < -0.4 is 4.74 Å². The van der Waals surface area contributed by atoms with Gasteiger partial charge in [-0.2, -0.15) is 0 Å². The maximum absolute atomic E-state index is 14.8. The smallest absolute Gasteiger partial charge is 0.255 e. The van der Waals surface area contributed by atoms with Crippen LogP contribution in [0.1, 0.15) is 35.7 Å². The topological polar surface area (TPSA) is 68.2 Å². The Hall–Kier alpha value is -3.35. The van der Waals surface area contributed by atoms with E-state index in [0.717, 1.165) is 18.4 Å². The molecule has 158 valence electrons. The van der Waals surface area contributed by atoms with E-state index in [0.29, 0.717) is 11.8 Å². The molecule has 1 saturated carbocycles. The number of likely N-dealkylation sites (tertiary alicyclic amines) is 1. The van der Waals surface area contributed by atoms with E-state index in [4.69, 9.17) is 4.74 Å². The van der Waals surface area contributed by atoms with Crippen molar-refractivity contribution in [3.8, 4) is 17.3 Å². The molecule has 5 rings (SSSR count). The fourth-order valence-electron chi connectivity index (χ4n) is 4.87. The van der Waals surface area contributed by atoms with Crippen LogP contribution >= 0.6 is 0 Å². The number of benzene rings is 1. The van der Waals surface area contributed by atoms with Gasteiger partial charge >= 0.3 is 0 Å². The van der Waals surface area contributed by atoms with Crippen LogP contribution in [0.5, 0.6) is 5.88 Å². The molecule has 4 atom stereocenters. The number of carbonyl (C=O) groups is 1. The van der Waals surface area contributed by atoms with Gasteiger partial charge < -0.3 is 9.64 Å². The third kappa shape index (κ3) is 3.44. The lowest BCUT2D eigenvalue weighted by atomic mass is 9.97. The Bertz CT molecular complexity index is 1110. The highest BCUT2D eigenvalue weighted by Crippen LogP contribution is 2.45. The molecule has 1 aliphatic heterocycles. The summed E-state index contributed by atoms with van der Waals surface area (Å²) in [5, 5.41) is 0. The van der Waals surface area contributed by atoms with Gasteiger partial charge in [-0.15, -0.1) is 0 Å². The van der Waals surface area contributed by atoms with E-state index in [1.807, 2.05) is 24.0 Å². The second-order valence-electron chi connectivity index (χ2n) is 8.32. The van der Waals surface area contributed by atoms with Gasteiger partial charge in [-0.1, -0.05) is 12.1 Å². The van der Waals surface area contributed by atoms with Crippen molar-refractivity contribution in [1.82, 2.24) is 19.9 Å². The summed E-state index contributed by atoms with van der Waals surface area (Å²) < 4.78 is 20.9. The first-order valence-electron chi connectivity index (χ1n) is 10.5. The number of rotatable bonds is 4. The van der Waals surface area contributed by atoms with E-state index in [1.165, 1.54) is 6.07 Å². The number of pyridine rings is 1. The van der Waals surface area contributed by atoms with Crippen molar-refractivity contribution in [1.29, 1.82) is 0 Å². The molecule has 1 aromatic carbocycles. The lowest BCUT2D eigenvalue weighted by Crippen LogP contribution is -2.51. The average Bonchev–Trinajstić information content (AvgIpc) is 3.33. The fourth-order valence-corrected chi connectivity index (χ4v) is 4.87. The number of hydrogen-bond acceptors (Lipinski definition) is 5. The van der Waals surface area contributed by atoms with Crippen LogP contribution in [0.2, 0.25) is 0 Å². The molecule has 0 radical (unpaired) electrons. The normalized spacial score (nSPS) is 24.4. The minimum absolute atomic E-state index is 0.0520. The molecule has 6 nitrogen and oxygen atoms in total. The highest BCUT2D eigenvalue weighted by atomic mass is 19.1. The first kappa shape index (κ1) is 19.6. The lowest BCUT2D eigenvalue weighted by molar-refractivity contribution is 0.0314. The molecule has 4 unspecified atom stereocenters. The van der Waals surface area contributed by atoms with Crippen molar-refractivity contribution < 1.29 is 13.9 Å². The van der Waals surface area contributed by atoms with E-state index < -0.39 is 5.82 Å². The Morgan fingerprint density at radius 2 is 1.90 bits per heavy atom. The van der Waals surface area contributed by atoms with Crippen LogP contribution in [0.15, 0.2) is 55.0 Å². The van der Waals surface area contributed by atoms with Gasteiger partial charge in [-0.25, -0.2) is 19.3 Å². The van der Waals surface area contributed by atoms with Crippen molar-refractivity contribution in [3.05, 3.63) is 71.9 Å². The Morgan fingerprint density at radius 1 is 1.10 bits per heavy atom. The standard InChI is InChI=1S/C24H23FN4O2/c1-14-7-8-21(28-13-14)31-20-12-16-11-19(20)29(15(16)2)24(30)17-5-3-6-18(25)22(17)23-26-9-4-10-27-23/h3-10,13,15-16,19-20H,11-12H2,1-2H3. The summed E-state index contributed by atoms with van der Waals surface area (Å²) >= 11 is 0. The highest BCUT2D eigenvalue weighted by Gasteiger charge is 2.53. The number of aromatic nitrogens is 3. The number of ether oxygens (including phenoxy) is 1. The Morgan fingerprint density at radius 3 is 2.61 bits per heavy atom. The quantitative estimate of drug-likeness (QED) is 0.639. The van der Waals surface area contributed by atoms with Gasteiger partial charge in [0.1, 0.15) is 11.9 Å². The molecule has 3 aromatic rings. The molecule has 31 heavy (non-hydrogen) atoms. The predicted molar refractivity (Wildman–Crippen MR) is 113 cm³/mol. The number of hydrogen-bond donors (Lipinski definition) is 0. The zero-order valence-electron chi connectivity index (χ0n) is 17.4. The minimum atomic E-state index is -0.509. The van der Waals surface area contributed by atoms with Crippen LogP contribution in [-0.2, 0) is 0 Å². The molecule has 2 aliphatic rings. The molecular weight excluding hydrogens is 395 g/mol. The summed E-state index contributed by atoms with van der Waals surface area (Å²) in [6.07, 6.45) is 6.47. The van der Waals surface area contributed by atoms with Gasteiger partial charge in [-0.05, 0) is 56.4 Å². The molecular formula is C24H23FN4O2. The molecule has 1 saturated heterocycles.